The minimum atomic E-state index is -4.29. The first-order valence-electron chi connectivity index (χ1n) is 9.87. The fourth-order valence-electron chi connectivity index (χ4n) is 2.65. The van der Waals surface area contributed by atoms with Crippen LogP contribution in [0.1, 0.15) is 48.0 Å². The number of phenols is 1. The molecular formula is C20H32N2O8S. The lowest BCUT2D eigenvalue weighted by Gasteiger charge is -2.28. The summed E-state index contributed by atoms with van der Waals surface area (Å²) in [6, 6.07) is 2.47. The monoisotopic (exact) mass is 460 g/mol. The number of benzene rings is 1. The number of rotatable bonds is 11. The molecule has 1 amide bonds. The van der Waals surface area contributed by atoms with Gasteiger partial charge in [0.25, 0.3) is 0 Å². The molecule has 0 bridgehead atoms. The fraction of sp³-hybridized carbons (Fsp3) is 0.600. The summed E-state index contributed by atoms with van der Waals surface area (Å²) < 4.78 is 44.5. The van der Waals surface area contributed by atoms with Crippen LogP contribution in [0.3, 0.4) is 0 Å². The number of carbonyl (C=O) groups is 2. The minimum absolute atomic E-state index is 0.216. The van der Waals surface area contributed by atoms with Crippen molar-refractivity contribution in [3.63, 3.8) is 0 Å². The van der Waals surface area contributed by atoms with Gasteiger partial charge in [0.15, 0.2) is 6.29 Å². The Morgan fingerprint density at radius 2 is 1.71 bits per heavy atom. The quantitative estimate of drug-likeness (QED) is 0.337. The molecule has 1 atom stereocenters. The van der Waals surface area contributed by atoms with Gasteiger partial charge in [0.2, 0.25) is 15.9 Å². The van der Waals surface area contributed by atoms with Crippen LogP contribution in [0.15, 0.2) is 23.1 Å². The molecule has 31 heavy (non-hydrogen) atoms. The number of sulfonamides is 1. The highest BCUT2D eigenvalue weighted by molar-refractivity contribution is 7.89. The van der Waals surface area contributed by atoms with Gasteiger partial charge in [-0.1, -0.05) is 0 Å². The molecule has 1 rings (SSSR count). The lowest BCUT2D eigenvalue weighted by Crippen LogP contribution is -2.47. The highest BCUT2D eigenvalue weighted by Gasteiger charge is 2.33. The van der Waals surface area contributed by atoms with E-state index in [1.54, 1.807) is 34.6 Å². The number of phenolic OH excluding ortho intramolecular Hbond substituents is 1. The van der Waals surface area contributed by atoms with Gasteiger partial charge in [-0.25, -0.2) is 13.1 Å². The molecule has 0 aliphatic carbocycles. The van der Waals surface area contributed by atoms with Crippen molar-refractivity contribution in [2.24, 2.45) is 0 Å². The summed E-state index contributed by atoms with van der Waals surface area (Å²) in [7, 11) is -4.29. The first-order valence-corrected chi connectivity index (χ1v) is 11.3. The summed E-state index contributed by atoms with van der Waals surface area (Å²) >= 11 is 0. The van der Waals surface area contributed by atoms with Crippen LogP contribution in [0.5, 0.6) is 5.75 Å². The standard InChI is InChI=1S/C20H32N2O8S/c1-7-28-19(29-8-2)15(12-18(25)30-20(4,5)6)22-31(26,27)17-10-9-14(11-16(17)24)21-13(3)23/h9-11,15,19,22,24H,7-8,12H2,1-6H3,(H,21,23). The van der Waals surface area contributed by atoms with Crippen molar-refractivity contribution in [3.05, 3.63) is 18.2 Å². The zero-order chi connectivity index (χ0) is 23.8. The molecule has 0 fully saturated rings. The fourth-order valence-corrected chi connectivity index (χ4v) is 3.95. The Kier molecular flexibility index (Phi) is 9.88. The molecule has 11 heteroatoms. The second-order valence-corrected chi connectivity index (χ2v) is 9.34. The van der Waals surface area contributed by atoms with Gasteiger partial charge in [-0.2, -0.15) is 0 Å². The van der Waals surface area contributed by atoms with Crippen LogP contribution in [0.25, 0.3) is 0 Å². The van der Waals surface area contributed by atoms with E-state index >= 15 is 0 Å². The average Bonchev–Trinajstić information content (AvgIpc) is 2.58. The molecule has 10 nitrogen and oxygen atoms in total. The molecule has 176 valence electrons. The second-order valence-electron chi connectivity index (χ2n) is 7.66. The number of nitrogens with one attached hydrogen (secondary N) is 2. The van der Waals surface area contributed by atoms with Crippen LogP contribution in [0, 0.1) is 0 Å². The number of esters is 1. The molecule has 0 aliphatic rings. The van der Waals surface area contributed by atoms with E-state index in [0.717, 1.165) is 12.1 Å². The Hall–Kier alpha value is -2.21. The summed E-state index contributed by atoms with van der Waals surface area (Å²) in [6.45, 7) is 10.2. The number of carbonyl (C=O) groups excluding carboxylic acids is 2. The molecule has 0 aromatic heterocycles. The van der Waals surface area contributed by atoms with Gasteiger partial charge >= 0.3 is 5.97 Å². The average molecular weight is 461 g/mol. The van der Waals surface area contributed by atoms with Crippen LogP contribution >= 0.6 is 0 Å². The van der Waals surface area contributed by atoms with Crippen molar-refractivity contribution in [2.45, 2.75) is 70.8 Å². The molecule has 0 heterocycles. The lowest BCUT2D eigenvalue weighted by molar-refractivity contribution is -0.169. The largest absolute Gasteiger partial charge is 0.506 e. The highest BCUT2D eigenvalue weighted by Crippen LogP contribution is 2.27. The van der Waals surface area contributed by atoms with Crippen LogP contribution < -0.4 is 10.0 Å². The Bertz CT molecular complexity index is 858. The Morgan fingerprint density at radius 3 is 2.16 bits per heavy atom. The topological polar surface area (TPSA) is 140 Å². The molecule has 1 aromatic carbocycles. The van der Waals surface area contributed by atoms with Crippen molar-refractivity contribution in [1.29, 1.82) is 0 Å². The first-order chi connectivity index (χ1) is 14.3. The van der Waals surface area contributed by atoms with Gasteiger partial charge in [-0.3, -0.25) is 9.59 Å². The zero-order valence-electron chi connectivity index (χ0n) is 18.7. The van der Waals surface area contributed by atoms with Gasteiger partial charge in [0.05, 0.1) is 12.5 Å². The van der Waals surface area contributed by atoms with Crippen molar-refractivity contribution < 1.29 is 37.3 Å². The third-order valence-corrected chi connectivity index (χ3v) is 5.21. The summed E-state index contributed by atoms with van der Waals surface area (Å²) in [5, 5.41) is 12.7. The van der Waals surface area contributed by atoms with Crippen LogP contribution in [0.2, 0.25) is 0 Å². The van der Waals surface area contributed by atoms with E-state index in [4.69, 9.17) is 14.2 Å². The highest BCUT2D eigenvalue weighted by atomic mass is 32.2. The van der Waals surface area contributed by atoms with E-state index in [-0.39, 0.29) is 31.2 Å². The molecule has 3 N–H and O–H groups in total. The lowest BCUT2D eigenvalue weighted by atomic mass is 10.1. The van der Waals surface area contributed by atoms with E-state index < -0.39 is 44.6 Å². The Morgan fingerprint density at radius 1 is 1.13 bits per heavy atom. The molecule has 0 saturated heterocycles. The normalized spacial score (nSPS) is 13.1. The molecule has 1 unspecified atom stereocenters. The van der Waals surface area contributed by atoms with Crippen molar-refractivity contribution in [1.82, 2.24) is 4.72 Å². The molecule has 0 spiro atoms. The zero-order valence-corrected chi connectivity index (χ0v) is 19.5. The first kappa shape index (κ1) is 26.8. The summed E-state index contributed by atoms with van der Waals surface area (Å²) in [4.78, 5) is 23.1. The summed E-state index contributed by atoms with van der Waals surface area (Å²) in [5.41, 5.74) is -0.527. The van der Waals surface area contributed by atoms with Crippen molar-refractivity contribution >= 4 is 27.6 Å². The maximum absolute atomic E-state index is 13.0. The number of amides is 1. The number of ether oxygens (including phenoxy) is 3. The molecule has 0 saturated carbocycles. The molecule has 0 aliphatic heterocycles. The van der Waals surface area contributed by atoms with E-state index in [2.05, 4.69) is 10.0 Å². The van der Waals surface area contributed by atoms with E-state index in [0.29, 0.717) is 0 Å². The van der Waals surface area contributed by atoms with Crippen LogP contribution in [0.4, 0.5) is 5.69 Å². The second kappa shape index (κ2) is 11.4. The number of hydrogen-bond acceptors (Lipinski definition) is 8. The SMILES string of the molecule is CCOC(OCC)C(CC(=O)OC(C)(C)C)NS(=O)(=O)c1ccc(NC(C)=O)cc1O. The number of hydrogen-bond donors (Lipinski definition) is 3. The van der Waals surface area contributed by atoms with Crippen LogP contribution in [-0.2, 0) is 33.8 Å². The van der Waals surface area contributed by atoms with E-state index in [1.807, 2.05) is 0 Å². The molecule has 0 radical (unpaired) electrons. The minimum Gasteiger partial charge on any atom is -0.506 e. The van der Waals surface area contributed by atoms with Crippen LogP contribution in [-0.4, -0.2) is 56.5 Å². The van der Waals surface area contributed by atoms with Gasteiger partial charge in [0.1, 0.15) is 16.2 Å². The Balaban J connectivity index is 3.20. The van der Waals surface area contributed by atoms with E-state index in [9.17, 15) is 23.1 Å². The van der Waals surface area contributed by atoms with E-state index in [1.165, 1.54) is 13.0 Å². The molecular weight excluding hydrogens is 428 g/mol. The predicted octanol–water partition coefficient (Wildman–Crippen LogP) is 2.13. The van der Waals surface area contributed by atoms with Gasteiger partial charge < -0.3 is 24.6 Å². The Labute approximate surface area is 183 Å². The van der Waals surface area contributed by atoms with Crippen molar-refractivity contribution in [2.75, 3.05) is 18.5 Å². The predicted molar refractivity (Wildman–Crippen MR) is 114 cm³/mol. The molecule has 1 aromatic rings. The van der Waals surface area contributed by atoms with Gasteiger partial charge in [-0.15, -0.1) is 0 Å². The van der Waals surface area contributed by atoms with Gasteiger partial charge in [-0.05, 0) is 46.8 Å². The third-order valence-electron chi connectivity index (χ3n) is 3.67. The summed E-state index contributed by atoms with van der Waals surface area (Å²) in [5.74, 6) is -1.59. The summed E-state index contributed by atoms with van der Waals surface area (Å²) in [6.07, 6.45) is -1.41. The van der Waals surface area contributed by atoms with Gasteiger partial charge in [0, 0.05) is 31.9 Å². The third kappa shape index (κ3) is 9.21. The number of aromatic hydroxyl groups is 1. The maximum atomic E-state index is 13.0. The smallest absolute Gasteiger partial charge is 0.308 e. The maximum Gasteiger partial charge on any atom is 0.308 e. The number of anilines is 1. The van der Waals surface area contributed by atoms with Crippen molar-refractivity contribution in [3.8, 4) is 5.75 Å².